The molecule has 0 saturated carbocycles. The molecule has 1 N–H and O–H groups in total. The minimum absolute atomic E-state index is 0.0194. The van der Waals surface area contributed by atoms with Crippen LogP contribution in [-0.4, -0.2) is 79.8 Å². The van der Waals surface area contributed by atoms with Crippen molar-refractivity contribution in [3.05, 3.63) is 24.0 Å². The molecule has 1 aromatic heterocycles. The van der Waals surface area contributed by atoms with E-state index in [-0.39, 0.29) is 23.5 Å². The topological polar surface area (TPSA) is 87.5 Å². The Morgan fingerprint density at radius 2 is 2.00 bits per heavy atom. The zero-order valence-corrected chi connectivity index (χ0v) is 17.0. The van der Waals surface area contributed by atoms with Crippen LogP contribution in [0.5, 0.6) is 0 Å². The van der Waals surface area contributed by atoms with E-state index in [1.807, 2.05) is 18.5 Å². The van der Waals surface area contributed by atoms with Gasteiger partial charge in [-0.25, -0.2) is 8.42 Å². The summed E-state index contributed by atoms with van der Waals surface area (Å²) in [6.45, 7) is 11.8. The first-order chi connectivity index (χ1) is 12.8. The van der Waals surface area contributed by atoms with Gasteiger partial charge < -0.3 is 10.2 Å². The minimum atomic E-state index is -2.94. The Bertz CT molecular complexity index is 809. The molecular formula is C18H29N5O3S. The molecule has 0 radical (unpaired) electrons. The molecule has 1 unspecified atom stereocenters. The van der Waals surface area contributed by atoms with Crippen molar-refractivity contribution in [3.63, 3.8) is 0 Å². The highest BCUT2D eigenvalue weighted by atomic mass is 32.2. The van der Waals surface area contributed by atoms with Crippen LogP contribution < -0.4 is 10.2 Å². The van der Waals surface area contributed by atoms with E-state index < -0.39 is 9.84 Å². The minimum Gasteiger partial charge on any atom is -0.366 e. The number of hydrogen-bond donors (Lipinski definition) is 1. The summed E-state index contributed by atoms with van der Waals surface area (Å²) in [5.41, 5.74) is 3.08. The van der Waals surface area contributed by atoms with E-state index in [1.54, 1.807) is 6.08 Å². The third kappa shape index (κ3) is 4.52. The number of anilines is 1. The molecule has 1 amide bonds. The van der Waals surface area contributed by atoms with Crippen LogP contribution in [-0.2, 0) is 14.6 Å². The van der Waals surface area contributed by atoms with E-state index >= 15 is 0 Å². The molecule has 3 rings (SSSR count). The van der Waals surface area contributed by atoms with Gasteiger partial charge in [0.1, 0.15) is 0 Å². The van der Waals surface area contributed by atoms with Crippen molar-refractivity contribution in [2.45, 2.75) is 26.3 Å². The summed E-state index contributed by atoms with van der Waals surface area (Å²) in [6, 6.07) is -0.0581. The van der Waals surface area contributed by atoms with E-state index in [0.717, 1.165) is 43.3 Å². The number of hydrogen-bond acceptors (Lipinski definition) is 6. The summed E-state index contributed by atoms with van der Waals surface area (Å²) in [6.07, 6.45) is 2.31. The highest BCUT2D eigenvalue weighted by Gasteiger charge is 2.32. The fourth-order valence-electron chi connectivity index (χ4n) is 4.01. The first-order valence-electron chi connectivity index (χ1n) is 9.42. The first-order valence-corrected chi connectivity index (χ1v) is 11.2. The maximum atomic E-state index is 11.9. The normalized spacial score (nSPS) is 22.7. The fraction of sp³-hybridized carbons (Fsp3) is 0.667. The van der Waals surface area contributed by atoms with Crippen LogP contribution in [0.3, 0.4) is 0 Å². The van der Waals surface area contributed by atoms with Crippen LogP contribution in [0.2, 0.25) is 0 Å². The van der Waals surface area contributed by atoms with Crippen molar-refractivity contribution in [2.75, 3.05) is 55.7 Å². The lowest BCUT2D eigenvalue weighted by Gasteiger charge is -2.35. The Hall–Kier alpha value is -1.87. The molecular weight excluding hydrogens is 366 g/mol. The largest absolute Gasteiger partial charge is 0.366 e. The molecule has 2 fully saturated rings. The third-order valence-electron chi connectivity index (χ3n) is 5.34. The van der Waals surface area contributed by atoms with Crippen molar-refractivity contribution < 1.29 is 13.2 Å². The lowest BCUT2D eigenvalue weighted by atomic mass is 10.2. The average molecular weight is 396 g/mol. The van der Waals surface area contributed by atoms with Crippen LogP contribution in [0.4, 0.5) is 5.69 Å². The van der Waals surface area contributed by atoms with Crippen molar-refractivity contribution >= 4 is 21.4 Å². The monoisotopic (exact) mass is 395 g/mol. The molecule has 2 aliphatic heterocycles. The van der Waals surface area contributed by atoms with Gasteiger partial charge in [-0.05, 0) is 20.3 Å². The average Bonchev–Trinajstić information content (AvgIpc) is 3.12. The number of piperazine rings is 1. The molecule has 0 aromatic carbocycles. The number of nitrogens with one attached hydrogen (secondary N) is 1. The fourth-order valence-corrected chi connectivity index (χ4v) is 5.70. The summed E-state index contributed by atoms with van der Waals surface area (Å²) in [4.78, 5) is 16.3. The summed E-state index contributed by atoms with van der Waals surface area (Å²) in [5, 5.41) is 7.46. The summed E-state index contributed by atoms with van der Waals surface area (Å²) in [7, 11) is -2.94. The Morgan fingerprint density at radius 3 is 2.59 bits per heavy atom. The molecule has 0 spiro atoms. The van der Waals surface area contributed by atoms with Gasteiger partial charge in [0.05, 0.1) is 41.2 Å². The predicted octanol–water partition coefficient (Wildman–Crippen LogP) is 0.284. The van der Waals surface area contributed by atoms with Crippen molar-refractivity contribution in [3.8, 4) is 0 Å². The quantitative estimate of drug-likeness (QED) is 0.697. The van der Waals surface area contributed by atoms with Crippen molar-refractivity contribution in [2.24, 2.45) is 0 Å². The standard InChI is InChI=1S/C18H29N5O3S/c1-4-6-19-17(24)12-21-7-9-22(10-8-21)18-14(2)20-23(15(18)3)16-5-11-27(25,26)13-16/h4,16H,1,5-13H2,2-3H3,(H,19,24). The van der Waals surface area contributed by atoms with E-state index in [2.05, 4.69) is 26.8 Å². The van der Waals surface area contributed by atoms with Crippen molar-refractivity contribution in [1.29, 1.82) is 0 Å². The number of aryl methyl sites for hydroxylation is 1. The Labute approximate surface area is 161 Å². The summed E-state index contributed by atoms with van der Waals surface area (Å²) < 4.78 is 25.5. The second kappa shape index (κ2) is 8.02. The molecule has 1 aromatic rings. The van der Waals surface area contributed by atoms with E-state index in [1.165, 1.54) is 0 Å². The van der Waals surface area contributed by atoms with Crippen LogP contribution in [0.15, 0.2) is 12.7 Å². The van der Waals surface area contributed by atoms with Gasteiger partial charge in [-0.2, -0.15) is 5.10 Å². The molecule has 150 valence electrons. The number of nitrogens with zero attached hydrogens (tertiary/aromatic N) is 4. The van der Waals surface area contributed by atoms with E-state index in [4.69, 9.17) is 0 Å². The van der Waals surface area contributed by atoms with Gasteiger partial charge in [0, 0.05) is 32.7 Å². The van der Waals surface area contributed by atoms with Crippen LogP contribution in [0.1, 0.15) is 23.9 Å². The van der Waals surface area contributed by atoms with Crippen LogP contribution in [0.25, 0.3) is 0 Å². The van der Waals surface area contributed by atoms with Crippen molar-refractivity contribution in [1.82, 2.24) is 20.0 Å². The van der Waals surface area contributed by atoms with Gasteiger partial charge in [-0.3, -0.25) is 14.4 Å². The van der Waals surface area contributed by atoms with Gasteiger partial charge in [0.15, 0.2) is 9.84 Å². The second-order valence-corrected chi connectivity index (χ2v) is 9.61. The molecule has 9 heteroatoms. The number of carbonyl (C=O) groups excluding carboxylic acids is 1. The molecule has 27 heavy (non-hydrogen) atoms. The second-order valence-electron chi connectivity index (χ2n) is 7.38. The first kappa shape index (κ1) is 19.9. The lowest BCUT2D eigenvalue weighted by molar-refractivity contribution is -0.122. The Kier molecular flexibility index (Phi) is 5.90. The van der Waals surface area contributed by atoms with E-state index in [9.17, 15) is 13.2 Å². The Morgan fingerprint density at radius 1 is 1.30 bits per heavy atom. The van der Waals surface area contributed by atoms with Gasteiger partial charge in [-0.15, -0.1) is 6.58 Å². The SMILES string of the molecule is C=CCNC(=O)CN1CCN(c2c(C)nn(C3CCS(=O)(=O)C3)c2C)CC1. The lowest BCUT2D eigenvalue weighted by Crippen LogP contribution is -2.49. The predicted molar refractivity (Wildman–Crippen MR) is 106 cm³/mol. The maximum absolute atomic E-state index is 11.9. The maximum Gasteiger partial charge on any atom is 0.234 e. The number of aromatic nitrogens is 2. The molecule has 8 nitrogen and oxygen atoms in total. The van der Waals surface area contributed by atoms with E-state index in [0.29, 0.717) is 19.5 Å². The third-order valence-corrected chi connectivity index (χ3v) is 7.09. The molecule has 1 atom stereocenters. The Balaban J connectivity index is 1.63. The van der Waals surface area contributed by atoms with Gasteiger partial charge >= 0.3 is 0 Å². The number of carbonyl (C=O) groups is 1. The smallest absolute Gasteiger partial charge is 0.234 e. The zero-order valence-electron chi connectivity index (χ0n) is 16.1. The highest BCUT2D eigenvalue weighted by molar-refractivity contribution is 7.91. The number of rotatable bonds is 6. The zero-order chi connectivity index (χ0) is 19.6. The summed E-state index contributed by atoms with van der Waals surface area (Å²) >= 11 is 0. The van der Waals surface area contributed by atoms with Gasteiger partial charge in [0.2, 0.25) is 5.91 Å². The number of amides is 1. The molecule has 3 heterocycles. The number of sulfone groups is 1. The summed E-state index contributed by atoms with van der Waals surface area (Å²) in [5.74, 6) is 0.450. The highest BCUT2D eigenvalue weighted by Crippen LogP contribution is 2.31. The van der Waals surface area contributed by atoms with Crippen LogP contribution in [0, 0.1) is 13.8 Å². The molecule has 2 aliphatic rings. The van der Waals surface area contributed by atoms with Crippen LogP contribution >= 0.6 is 0 Å². The molecule has 2 saturated heterocycles. The van der Waals surface area contributed by atoms with Gasteiger partial charge in [0.25, 0.3) is 0 Å². The molecule has 0 bridgehead atoms. The molecule has 0 aliphatic carbocycles. The van der Waals surface area contributed by atoms with Gasteiger partial charge in [-0.1, -0.05) is 6.08 Å².